The predicted molar refractivity (Wildman–Crippen MR) is 55.1 cm³/mol. The Balaban J connectivity index is 3.51. The molecule has 0 heterocycles. The first-order valence-electron chi connectivity index (χ1n) is 4.59. The van der Waals surface area contributed by atoms with Crippen molar-refractivity contribution in [1.82, 2.24) is 0 Å². The maximum absolute atomic E-state index is 5.84. The zero-order valence-electron chi connectivity index (χ0n) is 7.97. The summed E-state index contributed by atoms with van der Waals surface area (Å²) in [6.07, 6.45) is 3.89. The van der Waals surface area contributed by atoms with Gasteiger partial charge in [0.15, 0.2) is 0 Å². The van der Waals surface area contributed by atoms with Gasteiger partial charge in [-0.25, -0.2) is 0 Å². The lowest BCUT2D eigenvalue weighted by atomic mass is 10.1. The van der Waals surface area contributed by atoms with E-state index in [2.05, 4.69) is 20.8 Å². The third kappa shape index (κ3) is 5.57. The van der Waals surface area contributed by atoms with Crippen LogP contribution in [-0.2, 0) is 0 Å². The molecular weight excluding hydrogens is 154 g/mol. The number of unbranched alkanes of at least 4 members (excludes halogenated alkanes) is 1. The van der Waals surface area contributed by atoms with Gasteiger partial charge in [0.05, 0.1) is 0 Å². The van der Waals surface area contributed by atoms with E-state index >= 15 is 0 Å². The van der Waals surface area contributed by atoms with E-state index in [1.807, 2.05) is 11.8 Å². The molecule has 0 saturated heterocycles. The Hall–Kier alpha value is 0.310. The average Bonchev–Trinajstić information content (AvgIpc) is 1.97. The molecule has 0 rings (SSSR count). The van der Waals surface area contributed by atoms with Crippen LogP contribution >= 0.6 is 11.8 Å². The van der Waals surface area contributed by atoms with Crippen LogP contribution in [-0.4, -0.2) is 17.0 Å². The van der Waals surface area contributed by atoms with Gasteiger partial charge < -0.3 is 5.73 Å². The summed E-state index contributed by atoms with van der Waals surface area (Å²) in [6, 6.07) is 0.353. The Kier molecular flexibility index (Phi) is 7.18. The molecule has 0 radical (unpaired) electrons. The molecular formula is C9H21NS. The fourth-order valence-corrected chi connectivity index (χ4v) is 2.18. The summed E-state index contributed by atoms with van der Waals surface area (Å²) < 4.78 is 0. The zero-order chi connectivity index (χ0) is 8.69. The molecule has 0 fully saturated rings. The summed E-state index contributed by atoms with van der Waals surface area (Å²) in [5, 5.41) is 0.681. The summed E-state index contributed by atoms with van der Waals surface area (Å²) >= 11 is 2.00. The van der Waals surface area contributed by atoms with Gasteiger partial charge >= 0.3 is 0 Å². The quantitative estimate of drug-likeness (QED) is 0.671. The van der Waals surface area contributed by atoms with Gasteiger partial charge in [0.1, 0.15) is 0 Å². The third-order valence-corrected chi connectivity index (χ3v) is 3.24. The summed E-state index contributed by atoms with van der Waals surface area (Å²) in [6.45, 7) is 6.55. The summed E-state index contributed by atoms with van der Waals surface area (Å²) in [5.41, 5.74) is 5.84. The van der Waals surface area contributed by atoms with Gasteiger partial charge in [-0.05, 0) is 19.1 Å². The molecule has 0 amide bonds. The predicted octanol–water partition coefficient (Wildman–Crippen LogP) is 2.65. The molecule has 0 aliphatic carbocycles. The smallest absolute Gasteiger partial charge is 0.0196 e. The monoisotopic (exact) mass is 175 g/mol. The molecule has 0 aromatic heterocycles. The highest BCUT2D eigenvalue weighted by Crippen LogP contribution is 2.19. The first-order chi connectivity index (χ1) is 5.22. The van der Waals surface area contributed by atoms with Crippen molar-refractivity contribution < 1.29 is 0 Å². The molecule has 0 spiro atoms. The van der Waals surface area contributed by atoms with E-state index < -0.39 is 0 Å². The van der Waals surface area contributed by atoms with Crippen LogP contribution in [0.1, 0.15) is 40.0 Å². The van der Waals surface area contributed by atoms with Crippen LogP contribution in [0.3, 0.4) is 0 Å². The van der Waals surface area contributed by atoms with Crippen molar-refractivity contribution in [3.63, 3.8) is 0 Å². The minimum atomic E-state index is 0.353. The Morgan fingerprint density at radius 2 is 2.00 bits per heavy atom. The van der Waals surface area contributed by atoms with E-state index in [0.29, 0.717) is 11.3 Å². The third-order valence-electron chi connectivity index (χ3n) is 1.81. The second-order valence-electron chi connectivity index (χ2n) is 3.00. The largest absolute Gasteiger partial charge is 0.327 e. The van der Waals surface area contributed by atoms with Crippen molar-refractivity contribution in [2.24, 2.45) is 5.73 Å². The first-order valence-corrected chi connectivity index (χ1v) is 5.64. The lowest BCUT2D eigenvalue weighted by Gasteiger charge is -2.18. The van der Waals surface area contributed by atoms with Crippen molar-refractivity contribution in [1.29, 1.82) is 0 Å². The van der Waals surface area contributed by atoms with Crippen molar-refractivity contribution in [3.8, 4) is 0 Å². The summed E-state index contributed by atoms with van der Waals surface area (Å²) in [4.78, 5) is 0. The highest BCUT2D eigenvalue weighted by atomic mass is 32.2. The number of rotatable bonds is 6. The van der Waals surface area contributed by atoms with Crippen LogP contribution in [0.2, 0.25) is 0 Å². The van der Waals surface area contributed by atoms with Crippen LogP contribution in [0.25, 0.3) is 0 Å². The highest BCUT2D eigenvalue weighted by molar-refractivity contribution is 7.99. The Bertz CT molecular complexity index is 83.6. The van der Waals surface area contributed by atoms with E-state index in [0.717, 1.165) is 0 Å². The van der Waals surface area contributed by atoms with Crippen molar-refractivity contribution in [2.45, 2.75) is 51.3 Å². The molecule has 0 bridgehead atoms. The van der Waals surface area contributed by atoms with Gasteiger partial charge in [-0.1, -0.05) is 26.7 Å². The number of thioether (sulfide) groups is 1. The second kappa shape index (κ2) is 6.99. The van der Waals surface area contributed by atoms with E-state index in [1.165, 1.54) is 25.0 Å². The van der Waals surface area contributed by atoms with Crippen molar-refractivity contribution in [3.05, 3.63) is 0 Å². The van der Waals surface area contributed by atoms with Gasteiger partial charge in [-0.15, -0.1) is 0 Å². The first kappa shape index (κ1) is 11.3. The van der Waals surface area contributed by atoms with E-state index in [-0.39, 0.29) is 0 Å². The van der Waals surface area contributed by atoms with Gasteiger partial charge in [0.2, 0.25) is 0 Å². The molecule has 1 nitrogen and oxygen atoms in total. The Labute approximate surface area is 75.1 Å². The molecule has 11 heavy (non-hydrogen) atoms. The molecule has 0 aromatic carbocycles. The normalized spacial score (nSPS) is 16.4. The lowest BCUT2D eigenvalue weighted by molar-refractivity contribution is 0.607. The second-order valence-corrected chi connectivity index (χ2v) is 4.51. The van der Waals surface area contributed by atoms with Crippen LogP contribution in [0.5, 0.6) is 0 Å². The van der Waals surface area contributed by atoms with Gasteiger partial charge in [0, 0.05) is 11.3 Å². The van der Waals surface area contributed by atoms with Crippen LogP contribution in [0.4, 0.5) is 0 Å². The topological polar surface area (TPSA) is 26.0 Å². The number of nitrogens with two attached hydrogens (primary N) is 1. The zero-order valence-corrected chi connectivity index (χ0v) is 8.79. The summed E-state index contributed by atoms with van der Waals surface area (Å²) in [7, 11) is 0. The summed E-state index contributed by atoms with van der Waals surface area (Å²) in [5.74, 6) is 1.19. The maximum atomic E-state index is 5.84. The Morgan fingerprint density at radius 1 is 1.36 bits per heavy atom. The molecule has 0 aliphatic heterocycles. The minimum Gasteiger partial charge on any atom is -0.327 e. The number of hydrogen-bond acceptors (Lipinski definition) is 2. The molecule has 2 heteroatoms. The standard InChI is InChI=1S/C9H21NS/c1-4-6-7-9(8(3)10)11-5-2/h8-9H,4-7,10H2,1-3H3. The lowest BCUT2D eigenvalue weighted by Crippen LogP contribution is -2.29. The van der Waals surface area contributed by atoms with Crippen LogP contribution < -0.4 is 5.73 Å². The average molecular weight is 175 g/mol. The van der Waals surface area contributed by atoms with Gasteiger partial charge in [-0.3, -0.25) is 0 Å². The van der Waals surface area contributed by atoms with Gasteiger partial charge in [-0.2, -0.15) is 11.8 Å². The molecule has 2 atom stereocenters. The Morgan fingerprint density at radius 3 is 2.36 bits per heavy atom. The minimum absolute atomic E-state index is 0.353. The molecule has 0 aromatic rings. The van der Waals surface area contributed by atoms with Crippen LogP contribution in [0, 0.1) is 0 Å². The maximum Gasteiger partial charge on any atom is 0.0196 e. The molecule has 2 unspecified atom stereocenters. The number of hydrogen-bond donors (Lipinski definition) is 1. The molecule has 0 saturated carbocycles. The van der Waals surface area contributed by atoms with Crippen LogP contribution in [0.15, 0.2) is 0 Å². The van der Waals surface area contributed by atoms with E-state index in [4.69, 9.17) is 5.73 Å². The van der Waals surface area contributed by atoms with Crippen molar-refractivity contribution >= 4 is 11.8 Å². The van der Waals surface area contributed by atoms with E-state index in [9.17, 15) is 0 Å². The fraction of sp³-hybridized carbons (Fsp3) is 1.00. The van der Waals surface area contributed by atoms with Crippen molar-refractivity contribution in [2.75, 3.05) is 5.75 Å². The SMILES string of the molecule is CCCCC(SCC)C(C)N. The van der Waals surface area contributed by atoms with Gasteiger partial charge in [0.25, 0.3) is 0 Å². The highest BCUT2D eigenvalue weighted by Gasteiger charge is 2.11. The fourth-order valence-electron chi connectivity index (χ4n) is 1.12. The molecule has 68 valence electrons. The van der Waals surface area contributed by atoms with E-state index in [1.54, 1.807) is 0 Å². The molecule has 2 N–H and O–H groups in total. The molecule has 0 aliphatic rings.